The third-order valence-electron chi connectivity index (χ3n) is 9.66. The number of aromatic nitrogens is 6. The molecule has 1 amide bonds. The molecule has 0 spiro atoms. The van der Waals surface area contributed by atoms with Crippen molar-refractivity contribution < 1.29 is 15.0 Å². The van der Waals surface area contributed by atoms with Crippen molar-refractivity contribution in [1.29, 1.82) is 0 Å². The summed E-state index contributed by atoms with van der Waals surface area (Å²) in [5, 5.41) is 34.8. The Hall–Kier alpha value is -3.76. The minimum atomic E-state index is -1.02. The van der Waals surface area contributed by atoms with Crippen LogP contribution in [-0.2, 0) is 11.2 Å². The lowest BCUT2D eigenvalue weighted by Gasteiger charge is -2.33. The maximum Gasteiger partial charge on any atom is 0.231 e. The number of fused-ring (bicyclic) bond motifs is 1. The van der Waals surface area contributed by atoms with E-state index in [2.05, 4.69) is 25.5 Å². The summed E-state index contributed by atoms with van der Waals surface area (Å²) in [7, 11) is 0. The Bertz CT molecular complexity index is 1570. The van der Waals surface area contributed by atoms with E-state index in [1.54, 1.807) is 24.8 Å². The highest BCUT2D eigenvalue weighted by Crippen LogP contribution is 2.42. The summed E-state index contributed by atoms with van der Waals surface area (Å²) in [6.07, 6.45) is 17.7. The zero-order valence-electron chi connectivity index (χ0n) is 25.0. The maximum absolute atomic E-state index is 14.4. The van der Waals surface area contributed by atoms with Gasteiger partial charge in [0.05, 0.1) is 23.5 Å². The zero-order chi connectivity index (χ0) is 30.0. The number of pyridine rings is 2. The number of aliphatic hydroxyl groups excluding tert-OH is 2. The highest BCUT2D eigenvalue weighted by molar-refractivity contribution is 5.84. The van der Waals surface area contributed by atoms with Crippen LogP contribution >= 0.6 is 0 Å². The van der Waals surface area contributed by atoms with E-state index >= 15 is 0 Å². The molecule has 0 unspecified atom stereocenters. The van der Waals surface area contributed by atoms with E-state index in [0.29, 0.717) is 36.1 Å². The number of carbonyl (C=O) groups excluding carboxylic acids is 1. The summed E-state index contributed by atoms with van der Waals surface area (Å²) in [6.45, 7) is 0. The van der Waals surface area contributed by atoms with Crippen LogP contribution in [0.4, 0.5) is 0 Å². The van der Waals surface area contributed by atoms with Gasteiger partial charge < -0.3 is 15.5 Å². The fourth-order valence-corrected chi connectivity index (χ4v) is 6.82. The SMILES string of the molecule is O=C(N[C@@H](CC1CCCCC1)[C@@H](O)[C@@H](O)C1CC1)[C@@H](Cc1cccnc1)c1nnc2c(C3CC3)nc(-c3cccnc3)cn12. The molecule has 0 saturated heterocycles. The first-order valence-electron chi connectivity index (χ1n) is 16.3. The van der Waals surface area contributed by atoms with Gasteiger partial charge in [-0.15, -0.1) is 10.2 Å². The Kier molecular flexibility index (Phi) is 8.36. The van der Waals surface area contributed by atoms with Gasteiger partial charge in [0.2, 0.25) is 5.91 Å². The first-order chi connectivity index (χ1) is 21.5. The molecule has 3 aliphatic rings. The van der Waals surface area contributed by atoms with Crippen molar-refractivity contribution in [3.63, 3.8) is 0 Å². The van der Waals surface area contributed by atoms with Crippen LogP contribution in [0, 0.1) is 11.8 Å². The van der Waals surface area contributed by atoms with Gasteiger partial charge in [0.25, 0.3) is 0 Å². The number of amides is 1. The Morgan fingerprint density at radius 1 is 0.955 bits per heavy atom. The quantitative estimate of drug-likeness (QED) is 0.220. The highest BCUT2D eigenvalue weighted by Gasteiger charge is 2.40. The van der Waals surface area contributed by atoms with Crippen LogP contribution in [-0.4, -0.2) is 63.9 Å². The molecule has 3 fully saturated rings. The van der Waals surface area contributed by atoms with Crippen molar-refractivity contribution in [2.24, 2.45) is 11.8 Å². The Morgan fingerprint density at radius 2 is 1.73 bits per heavy atom. The van der Waals surface area contributed by atoms with Gasteiger partial charge in [0, 0.05) is 42.5 Å². The monoisotopic (exact) mass is 595 g/mol. The summed E-state index contributed by atoms with van der Waals surface area (Å²) in [4.78, 5) is 28.0. The molecule has 3 N–H and O–H groups in total. The average molecular weight is 596 g/mol. The molecular formula is C34H41N7O3. The van der Waals surface area contributed by atoms with E-state index < -0.39 is 24.2 Å². The molecular weight excluding hydrogens is 554 g/mol. The molecule has 0 aliphatic heterocycles. The Morgan fingerprint density at radius 3 is 2.41 bits per heavy atom. The Balaban J connectivity index is 1.25. The lowest BCUT2D eigenvalue weighted by atomic mass is 9.82. The van der Waals surface area contributed by atoms with Gasteiger partial charge in [-0.1, -0.05) is 38.2 Å². The van der Waals surface area contributed by atoms with Crippen molar-refractivity contribution in [2.75, 3.05) is 0 Å². The number of hydrogen-bond acceptors (Lipinski definition) is 8. The molecule has 10 heteroatoms. The van der Waals surface area contributed by atoms with Crippen LogP contribution in [0.3, 0.4) is 0 Å². The fraction of sp³-hybridized carbons (Fsp3) is 0.529. The van der Waals surface area contributed by atoms with Gasteiger partial charge in [-0.3, -0.25) is 19.2 Å². The lowest BCUT2D eigenvalue weighted by Crippen LogP contribution is -2.51. The lowest BCUT2D eigenvalue weighted by molar-refractivity contribution is -0.125. The summed E-state index contributed by atoms with van der Waals surface area (Å²) in [5.41, 5.74) is 4.10. The van der Waals surface area contributed by atoms with Crippen LogP contribution in [0.25, 0.3) is 16.9 Å². The van der Waals surface area contributed by atoms with Crippen molar-refractivity contribution in [1.82, 2.24) is 34.9 Å². The van der Waals surface area contributed by atoms with Crippen molar-refractivity contribution in [3.05, 3.63) is 72.3 Å². The van der Waals surface area contributed by atoms with E-state index in [1.807, 2.05) is 34.9 Å². The standard InChI is InChI=1S/C34H41N7O3/c42-30(24-12-13-24)31(43)27(17-21-6-2-1-3-7-21)38-34(44)26(16-22-8-4-14-35-18-22)32-39-40-33-29(23-10-11-23)37-28(20-41(32)33)25-9-5-15-36-19-25/h4-5,8-9,14-15,18-21,23-24,26-27,30-31,42-43H,1-3,6-7,10-13,16-17H2,(H,38,44)/t26-,27-,30-,31+/m0/s1. The van der Waals surface area contributed by atoms with E-state index in [1.165, 1.54) is 19.3 Å². The predicted octanol–water partition coefficient (Wildman–Crippen LogP) is 4.37. The van der Waals surface area contributed by atoms with Gasteiger partial charge in [-0.25, -0.2) is 4.98 Å². The number of hydrogen-bond donors (Lipinski definition) is 3. The van der Waals surface area contributed by atoms with Crippen LogP contribution < -0.4 is 5.32 Å². The van der Waals surface area contributed by atoms with Gasteiger partial charge in [0.1, 0.15) is 17.8 Å². The van der Waals surface area contributed by atoms with E-state index in [9.17, 15) is 15.0 Å². The predicted molar refractivity (Wildman–Crippen MR) is 165 cm³/mol. The zero-order valence-corrected chi connectivity index (χ0v) is 25.0. The minimum absolute atomic E-state index is 0.0987. The van der Waals surface area contributed by atoms with Crippen LogP contribution in [0.2, 0.25) is 0 Å². The highest BCUT2D eigenvalue weighted by atomic mass is 16.3. The molecule has 4 aromatic rings. The second-order valence-electron chi connectivity index (χ2n) is 13.1. The fourth-order valence-electron chi connectivity index (χ4n) is 6.82. The Labute approximate surface area is 257 Å². The molecule has 3 aliphatic carbocycles. The third-order valence-corrected chi connectivity index (χ3v) is 9.66. The number of nitrogens with zero attached hydrogens (tertiary/aromatic N) is 6. The molecule has 0 bridgehead atoms. The molecule has 3 saturated carbocycles. The maximum atomic E-state index is 14.4. The minimum Gasteiger partial charge on any atom is -0.390 e. The first-order valence-corrected chi connectivity index (χ1v) is 16.3. The van der Waals surface area contributed by atoms with Gasteiger partial charge in [0.15, 0.2) is 5.65 Å². The number of aliphatic hydroxyl groups is 2. The average Bonchev–Trinajstić information content (AvgIpc) is 4.01. The molecule has 0 radical (unpaired) electrons. The number of carbonyl (C=O) groups is 1. The topological polar surface area (TPSA) is 138 Å². The van der Waals surface area contributed by atoms with Gasteiger partial charge in [-0.2, -0.15) is 0 Å². The number of nitrogens with one attached hydrogen (secondary N) is 1. The van der Waals surface area contributed by atoms with E-state index in [4.69, 9.17) is 4.98 Å². The molecule has 4 heterocycles. The second kappa shape index (κ2) is 12.7. The molecule has 4 aromatic heterocycles. The first kappa shape index (κ1) is 29.0. The van der Waals surface area contributed by atoms with Crippen LogP contribution in [0.1, 0.15) is 93.1 Å². The van der Waals surface area contributed by atoms with Crippen LogP contribution in [0.5, 0.6) is 0 Å². The van der Waals surface area contributed by atoms with E-state index in [0.717, 1.165) is 61.0 Å². The molecule has 4 atom stereocenters. The number of rotatable bonds is 12. The van der Waals surface area contributed by atoms with Crippen molar-refractivity contribution in [2.45, 2.75) is 101 Å². The summed E-state index contributed by atoms with van der Waals surface area (Å²) >= 11 is 0. The summed E-state index contributed by atoms with van der Waals surface area (Å²) in [6, 6.07) is 7.14. The van der Waals surface area contributed by atoms with E-state index in [-0.39, 0.29) is 11.8 Å². The molecule has 10 nitrogen and oxygen atoms in total. The van der Waals surface area contributed by atoms with Gasteiger partial charge in [-0.05, 0) is 74.1 Å². The molecule has 0 aromatic carbocycles. The molecule has 44 heavy (non-hydrogen) atoms. The second-order valence-corrected chi connectivity index (χ2v) is 13.1. The smallest absolute Gasteiger partial charge is 0.231 e. The van der Waals surface area contributed by atoms with Crippen molar-refractivity contribution >= 4 is 11.6 Å². The summed E-state index contributed by atoms with van der Waals surface area (Å²) < 4.78 is 1.93. The van der Waals surface area contributed by atoms with Crippen LogP contribution in [0.15, 0.2) is 55.2 Å². The normalized spacial score (nSPS) is 20.2. The summed E-state index contributed by atoms with van der Waals surface area (Å²) in [5.74, 6) is 0.403. The third kappa shape index (κ3) is 6.37. The molecule has 7 rings (SSSR count). The molecule has 230 valence electrons. The van der Waals surface area contributed by atoms with Gasteiger partial charge >= 0.3 is 0 Å². The van der Waals surface area contributed by atoms with Crippen molar-refractivity contribution in [3.8, 4) is 11.3 Å². The largest absolute Gasteiger partial charge is 0.390 e.